The SMILES string of the molecule is O[B]Oc1ccc2oc3c4oc5ccccc5c4c4ccccc4c3c2c1. The lowest BCUT2D eigenvalue weighted by Gasteiger charge is -2.03. The molecule has 1 N–H and O–H groups in total. The molecule has 0 spiro atoms. The highest BCUT2D eigenvalue weighted by atomic mass is 16.5. The largest absolute Gasteiger partial charge is 0.569 e. The van der Waals surface area contributed by atoms with Crippen molar-refractivity contribution in [2.24, 2.45) is 0 Å². The Balaban J connectivity index is 1.92. The van der Waals surface area contributed by atoms with Crippen LogP contribution >= 0.6 is 0 Å². The Bertz CT molecular complexity index is 1490. The van der Waals surface area contributed by atoms with Crippen molar-refractivity contribution in [3.63, 3.8) is 0 Å². The first-order valence-corrected chi connectivity index (χ1v) is 8.66. The molecule has 0 fully saturated rings. The van der Waals surface area contributed by atoms with Crippen LogP contribution in [0.3, 0.4) is 0 Å². The summed E-state index contributed by atoms with van der Waals surface area (Å²) in [4.78, 5) is 0. The Morgan fingerprint density at radius 3 is 1.96 bits per heavy atom. The summed E-state index contributed by atoms with van der Waals surface area (Å²) in [7, 11) is 0.680. The Labute approximate surface area is 153 Å². The van der Waals surface area contributed by atoms with Gasteiger partial charge in [-0.2, -0.15) is 0 Å². The molecule has 1 radical (unpaired) electrons. The van der Waals surface area contributed by atoms with Crippen molar-refractivity contribution in [2.45, 2.75) is 0 Å². The summed E-state index contributed by atoms with van der Waals surface area (Å²) >= 11 is 0. The average molecular weight is 351 g/mol. The van der Waals surface area contributed by atoms with Gasteiger partial charge in [0.15, 0.2) is 11.2 Å². The molecule has 0 unspecified atom stereocenters. The van der Waals surface area contributed by atoms with Crippen molar-refractivity contribution in [3.8, 4) is 5.75 Å². The molecule has 0 aliphatic carbocycles. The number of benzene rings is 4. The fraction of sp³-hybridized carbons (Fsp3) is 0. The van der Waals surface area contributed by atoms with Gasteiger partial charge in [-0.15, -0.1) is 0 Å². The second kappa shape index (κ2) is 5.28. The van der Waals surface area contributed by atoms with Gasteiger partial charge in [0.2, 0.25) is 0 Å². The van der Waals surface area contributed by atoms with Gasteiger partial charge in [0, 0.05) is 21.5 Å². The van der Waals surface area contributed by atoms with Gasteiger partial charge in [-0.25, -0.2) is 0 Å². The zero-order chi connectivity index (χ0) is 18.0. The van der Waals surface area contributed by atoms with Gasteiger partial charge < -0.3 is 18.5 Å². The minimum Gasteiger partial charge on any atom is -0.537 e. The van der Waals surface area contributed by atoms with Gasteiger partial charge in [-0.1, -0.05) is 42.5 Å². The average Bonchev–Trinajstić information content (AvgIpc) is 3.27. The molecule has 27 heavy (non-hydrogen) atoms. The molecule has 0 bridgehead atoms. The molecule has 0 atom stereocenters. The zero-order valence-corrected chi connectivity index (χ0v) is 14.1. The number of furan rings is 2. The van der Waals surface area contributed by atoms with Crippen LogP contribution in [0.15, 0.2) is 75.6 Å². The van der Waals surface area contributed by atoms with Crippen molar-refractivity contribution in [2.75, 3.05) is 0 Å². The van der Waals surface area contributed by atoms with Crippen molar-refractivity contribution in [1.29, 1.82) is 0 Å². The molecule has 0 aliphatic heterocycles. The van der Waals surface area contributed by atoms with Crippen LogP contribution in [-0.4, -0.2) is 12.7 Å². The van der Waals surface area contributed by atoms with Crippen LogP contribution in [0.4, 0.5) is 0 Å². The van der Waals surface area contributed by atoms with E-state index in [0.29, 0.717) is 13.4 Å². The van der Waals surface area contributed by atoms with E-state index in [1.165, 1.54) is 0 Å². The molecule has 6 aromatic rings. The first kappa shape index (κ1) is 14.7. The van der Waals surface area contributed by atoms with Crippen molar-refractivity contribution in [3.05, 3.63) is 66.7 Å². The molecule has 127 valence electrons. The normalized spacial score (nSPS) is 11.9. The van der Waals surface area contributed by atoms with Crippen molar-refractivity contribution < 1.29 is 18.5 Å². The molecular formula is C22H12BO4. The van der Waals surface area contributed by atoms with Crippen LogP contribution in [0.25, 0.3) is 54.6 Å². The van der Waals surface area contributed by atoms with Gasteiger partial charge in [0.05, 0.1) is 0 Å². The summed E-state index contributed by atoms with van der Waals surface area (Å²) in [6, 6.07) is 21.8. The van der Waals surface area contributed by atoms with E-state index in [0.717, 1.165) is 54.6 Å². The third-order valence-electron chi connectivity index (χ3n) is 5.12. The van der Waals surface area contributed by atoms with Crippen LogP contribution < -0.4 is 4.65 Å². The molecular weight excluding hydrogens is 339 g/mol. The van der Waals surface area contributed by atoms with E-state index in [1.54, 1.807) is 6.07 Å². The third kappa shape index (κ3) is 1.92. The second-order valence-corrected chi connectivity index (χ2v) is 6.54. The first-order valence-electron chi connectivity index (χ1n) is 8.66. The molecule has 4 aromatic carbocycles. The molecule has 2 heterocycles. The van der Waals surface area contributed by atoms with Crippen molar-refractivity contribution in [1.82, 2.24) is 0 Å². The summed E-state index contributed by atoms with van der Waals surface area (Å²) in [5.74, 6) is 0.543. The molecule has 5 heteroatoms. The van der Waals surface area contributed by atoms with Crippen LogP contribution in [0.2, 0.25) is 0 Å². The topological polar surface area (TPSA) is 55.7 Å². The van der Waals surface area contributed by atoms with E-state index in [-0.39, 0.29) is 0 Å². The highest BCUT2D eigenvalue weighted by Crippen LogP contribution is 2.44. The monoisotopic (exact) mass is 351 g/mol. The minimum atomic E-state index is 0.543. The van der Waals surface area contributed by atoms with Gasteiger partial charge in [-0.3, -0.25) is 0 Å². The number of para-hydroxylation sites is 1. The lowest BCUT2D eigenvalue weighted by molar-refractivity contribution is 0.454. The number of fused-ring (bicyclic) bond motifs is 10. The first-order chi connectivity index (χ1) is 13.3. The molecule has 6 rings (SSSR count). The van der Waals surface area contributed by atoms with E-state index in [4.69, 9.17) is 18.5 Å². The predicted molar refractivity (Wildman–Crippen MR) is 107 cm³/mol. The highest BCUT2D eigenvalue weighted by Gasteiger charge is 2.20. The quantitative estimate of drug-likeness (QED) is 0.416. The zero-order valence-electron chi connectivity index (χ0n) is 14.1. The molecule has 4 nitrogen and oxygen atoms in total. The van der Waals surface area contributed by atoms with E-state index >= 15 is 0 Å². The predicted octanol–water partition coefficient (Wildman–Crippen LogP) is 5.54. The Morgan fingerprint density at radius 1 is 0.667 bits per heavy atom. The Morgan fingerprint density at radius 2 is 1.26 bits per heavy atom. The number of hydrogen-bond acceptors (Lipinski definition) is 4. The fourth-order valence-corrected chi connectivity index (χ4v) is 4.03. The lowest BCUT2D eigenvalue weighted by Crippen LogP contribution is -1.99. The van der Waals surface area contributed by atoms with Crippen LogP contribution in [-0.2, 0) is 0 Å². The molecule has 0 aliphatic rings. The lowest BCUT2D eigenvalue weighted by atomic mass is 9.99. The van der Waals surface area contributed by atoms with E-state index < -0.39 is 0 Å². The maximum atomic E-state index is 8.96. The number of rotatable bonds is 2. The standard InChI is InChI=1S/C22H12BO4/c24-23-27-12-9-10-18-16(11-12)20-14-6-2-1-5-13(14)19-15-7-3-4-8-17(15)25-21(19)22(20)26-18/h1-11,24H. The van der Waals surface area contributed by atoms with Gasteiger partial charge in [-0.05, 0) is 35.0 Å². The summed E-state index contributed by atoms with van der Waals surface area (Å²) in [5, 5.41) is 15.2. The maximum Gasteiger partial charge on any atom is 0.569 e. The third-order valence-corrected chi connectivity index (χ3v) is 5.12. The Hall–Kier alpha value is -3.44. The molecule has 0 saturated carbocycles. The Kier molecular flexibility index (Phi) is 2.88. The van der Waals surface area contributed by atoms with E-state index in [9.17, 15) is 0 Å². The van der Waals surface area contributed by atoms with Gasteiger partial charge >= 0.3 is 7.69 Å². The smallest absolute Gasteiger partial charge is 0.537 e. The van der Waals surface area contributed by atoms with E-state index in [1.807, 2.05) is 42.5 Å². The van der Waals surface area contributed by atoms with Crippen molar-refractivity contribution >= 4 is 62.3 Å². The minimum absolute atomic E-state index is 0.543. The summed E-state index contributed by atoms with van der Waals surface area (Å²) in [6.45, 7) is 0. The fourth-order valence-electron chi connectivity index (χ4n) is 4.03. The molecule has 0 saturated heterocycles. The summed E-state index contributed by atoms with van der Waals surface area (Å²) in [6.07, 6.45) is 0. The summed E-state index contributed by atoms with van der Waals surface area (Å²) in [5.41, 5.74) is 3.05. The maximum absolute atomic E-state index is 8.96. The van der Waals surface area contributed by atoms with Crippen LogP contribution in [0.5, 0.6) is 5.75 Å². The molecule has 2 aromatic heterocycles. The molecule has 0 amide bonds. The van der Waals surface area contributed by atoms with Crippen LogP contribution in [0.1, 0.15) is 0 Å². The number of hydrogen-bond donors (Lipinski definition) is 1. The van der Waals surface area contributed by atoms with Gasteiger partial charge in [0.25, 0.3) is 0 Å². The van der Waals surface area contributed by atoms with E-state index in [2.05, 4.69) is 18.2 Å². The van der Waals surface area contributed by atoms with Gasteiger partial charge in [0.1, 0.15) is 16.9 Å². The summed E-state index contributed by atoms with van der Waals surface area (Å²) < 4.78 is 17.6. The highest BCUT2D eigenvalue weighted by molar-refractivity contribution is 6.33. The van der Waals surface area contributed by atoms with Crippen LogP contribution in [0, 0.1) is 0 Å². The second-order valence-electron chi connectivity index (χ2n) is 6.54.